The molecule has 0 bridgehead atoms. The van der Waals surface area contributed by atoms with E-state index in [1.165, 1.54) is 9.63 Å². The van der Waals surface area contributed by atoms with Crippen molar-refractivity contribution in [2.45, 2.75) is 12.1 Å². The molecule has 36 heavy (non-hydrogen) atoms. The molecule has 3 aromatic carbocycles. The highest BCUT2D eigenvalue weighted by atomic mass is 79.9. The number of anilines is 2. The Labute approximate surface area is 223 Å². The number of thiazole rings is 1. The number of amides is 2. The Morgan fingerprint density at radius 2 is 1.39 bits per heavy atom. The van der Waals surface area contributed by atoms with E-state index in [2.05, 4.69) is 15.9 Å². The summed E-state index contributed by atoms with van der Waals surface area (Å²) in [6.45, 7) is 0. The van der Waals surface area contributed by atoms with Gasteiger partial charge in [0.25, 0.3) is 5.91 Å². The summed E-state index contributed by atoms with van der Waals surface area (Å²) in [5.41, 5.74) is 1.72. The second kappa shape index (κ2) is 9.01. The lowest BCUT2D eigenvalue weighted by atomic mass is 9.95. The van der Waals surface area contributed by atoms with Crippen LogP contribution in [0, 0.1) is 5.92 Å². The quantitative estimate of drug-likeness (QED) is 0.303. The number of fused-ring (bicyclic) bond motifs is 1. The van der Waals surface area contributed by atoms with Gasteiger partial charge in [0.15, 0.2) is 6.10 Å². The van der Waals surface area contributed by atoms with Crippen molar-refractivity contribution in [3.8, 4) is 5.69 Å². The van der Waals surface area contributed by atoms with Crippen LogP contribution in [-0.2, 0) is 14.4 Å². The number of hydrogen-bond acceptors (Lipinski definition) is 6. The van der Waals surface area contributed by atoms with Gasteiger partial charge < -0.3 is 0 Å². The van der Waals surface area contributed by atoms with E-state index in [0.717, 1.165) is 20.7 Å². The summed E-state index contributed by atoms with van der Waals surface area (Å²) in [6, 6.07) is 24.4. The van der Waals surface area contributed by atoms with E-state index < -0.39 is 29.9 Å². The maximum absolute atomic E-state index is 13.8. The number of benzene rings is 3. The number of para-hydroxylation sites is 2. The highest BCUT2D eigenvalue weighted by Crippen LogP contribution is 2.50. The van der Waals surface area contributed by atoms with Gasteiger partial charge >= 0.3 is 4.87 Å². The van der Waals surface area contributed by atoms with E-state index in [4.69, 9.17) is 16.4 Å². The van der Waals surface area contributed by atoms with Gasteiger partial charge in [0.1, 0.15) is 17.1 Å². The predicted molar refractivity (Wildman–Crippen MR) is 142 cm³/mol. The molecule has 1 aromatic heterocycles. The molecule has 2 amide bonds. The van der Waals surface area contributed by atoms with E-state index in [-0.39, 0.29) is 10.0 Å². The Morgan fingerprint density at radius 1 is 0.778 bits per heavy atom. The van der Waals surface area contributed by atoms with Crippen LogP contribution in [-0.4, -0.2) is 22.5 Å². The molecular weight excluding hydrogens is 566 g/mol. The number of carbonyl (C=O) groups is 2. The molecule has 2 aliphatic heterocycles. The molecule has 3 heterocycles. The Kier molecular flexibility index (Phi) is 5.80. The Bertz CT molecular complexity index is 1520. The lowest BCUT2D eigenvalue weighted by Crippen LogP contribution is -2.37. The summed E-state index contributed by atoms with van der Waals surface area (Å²) in [4.78, 5) is 47.8. The highest BCUT2D eigenvalue weighted by Gasteiger charge is 2.61. The lowest BCUT2D eigenvalue weighted by Gasteiger charge is -2.28. The van der Waals surface area contributed by atoms with Gasteiger partial charge in [-0.2, -0.15) is 0 Å². The van der Waals surface area contributed by atoms with Gasteiger partial charge in [-0.15, -0.1) is 0 Å². The molecule has 180 valence electrons. The smallest absolute Gasteiger partial charge is 0.273 e. The molecule has 0 radical (unpaired) electrons. The molecule has 3 unspecified atom stereocenters. The minimum Gasteiger partial charge on any atom is -0.273 e. The van der Waals surface area contributed by atoms with Crippen molar-refractivity contribution in [1.29, 1.82) is 0 Å². The van der Waals surface area contributed by atoms with E-state index in [1.54, 1.807) is 36.4 Å². The summed E-state index contributed by atoms with van der Waals surface area (Å²) in [5.74, 6) is -1.75. The van der Waals surface area contributed by atoms with Crippen LogP contribution in [0.3, 0.4) is 0 Å². The van der Waals surface area contributed by atoms with Gasteiger partial charge in [0.05, 0.1) is 21.9 Å². The minimum absolute atomic E-state index is 0.189. The fourth-order valence-electron chi connectivity index (χ4n) is 4.67. The summed E-state index contributed by atoms with van der Waals surface area (Å²) < 4.78 is 2.24. The van der Waals surface area contributed by atoms with Crippen molar-refractivity contribution in [1.82, 2.24) is 4.57 Å². The molecule has 0 N–H and O–H groups in total. The molecule has 7 nitrogen and oxygen atoms in total. The predicted octanol–water partition coefficient (Wildman–Crippen LogP) is 5.37. The molecule has 0 aliphatic carbocycles. The van der Waals surface area contributed by atoms with Crippen LogP contribution in [0.25, 0.3) is 5.69 Å². The van der Waals surface area contributed by atoms with Gasteiger partial charge in [0, 0.05) is 4.47 Å². The number of hydroxylamine groups is 1. The van der Waals surface area contributed by atoms with Crippen molar-refractivity contribution in [3.63, 3.8) is 0 Å². The molecule has 2 saturated heterocycles. The number of halogens is 2. The van der Waals surface area contributed by atoms with Crippen LogP contribution >= 0.6 is 38.9 Å². The van der Waals surface area contributed by atoms with Crippen LogP contribution in [0.2, 0.25) is 5.15 Å². The molecule has 10 heteroatoms. The summed E-state index contributed by atoms with van der Waals surface area (Å²) in [5, 5.41) is 1.73. The van der Waals surface area contributed by atoms with Crippen molar-refractivity contribution in [2.24, 2.45) is 5.92 Å². The number of rotatable bonds is 4. The van der Waals surface area contributed by atoms with E-state index in [1.807, 2.05) is 48.5 Å². The molecule has 4 aromatic rings. The van der Waals surface area contributed by atoms with Crippen molar-refractivity contribution < 1.29 is 14.4 Å². The number of imide groups is 1. The summed E-state index contributed by atoms with van der Waals surface area (Å²) in [6.07, 6.45) is -1.05. The minimum atomic E-state index is -1.05. The maximum Gasteiger partial charge on any atom is 0.313 e. The first-order chi connectivity index (χ1) is 17.5. The molecule has 2 aliphatic rings. The average molecular weight is 583 g/mol. The first-order valence-electron chi connectivity index (χ1n) is 11.1. The zero-order chi connectivity index (χ0) is 25.0. The van der Waals surface area contributed by atoms with Gasteiger partial charge in [0.2, 0.25) is 5.91 Å². The molecular formula is C26H17BrClN3O4S. The second-order valence-corrected chi connectivity index (χ2v) is 10.6. The van der Waals surface area contributed by atoms with E-state index in [0.29, 0.717) is 21.9 Å². The normalized spacial score (nSPS) is 21.3. The number of carbonyl (C=O) groups excluding carboxylic acids is 2. The van der Waals surface area contributed by atoms with Crippen LogP contribution < -0.4 is 14.8 Å². The zero-order valence-corrected chi connectivity index (χ0v) is 21.6. The Balaban J connectivity index is 1.48. The average Bonchev–Trinajstić information content (AvgIpc) is 3.50. The van der Waals surface area contributed by atoms with Gasteiger partial charge in [-0.3, -0.25) is 23.8 Å². The van der Waals surface area contributed by atoms with Crippen LogP contribution in [0.15, 0.2) is 94.2 Å². The van der Waals surface area contributed by atoms with E-state index in [9.17, 15) is 14.4 Å². The third kappa shape index (κ3) is 3.62. The Hall–Kier alpha value is -3.24. The van der Waals surface area contributed by atoms with E-state index >= 15 is 0 Å². The molecule has 6 rings (SSSR count). The van der Waals surface area contributed by atoms with Gasteiger partial charge in [-0.25, -0.2) is 9.96 Å². The van der Waals surface area contributed by atoms with Crippen molar-refractivity contribution in [3.05, 3.63) is 109 Å². The molecule has 0 spiro atoms. The first-order valence-corrected chi connectivity index (χ1v) is 13.1. The fourth-order valence-corrected chi connectivity index (χ4v) is 6.41. The summed E-state index contributed by atoms with van der Waals surface area (Å²) >= 11 is 11.1. The topological polar surface area (TPSA) is 71.8 Å². The van der Waals surface area contributed by atoms with Crippen LogP contribution in [0.1, 0.15) is 10.9 Å². The third-order valence-electron chi connectivity index (χ3n) is 6.27. The summed E-state index contributed by atoms with van der Waals surface area (Å²) in [7, 11) is 0. The Morgan fingerprint density at radius 3 is 2.03 bits per heavy atom. The lowest BCUT2D eigenvalue weighted by molar-refractivity contribution is -0.126. The number of hydrogen-bond donors (Lipinski definition) is 0. The van der Waals surface area contributed by atoms with Gasteiger partial charge in [-0.05, 0) is 48.5 Å². The maximum atomic E-state index is 13.8. The molecule has 3 atom stereocenters. The zero-order valence-electron chi connectivity index (χ0n) is 18.5. The molecule has 2 fully saturated rings. The highest BCUT2D eigenvalue weighted by molar-refractivity contribution is 9.10. The van der Waals surface area contributed by atoms with Crippen molar-refractivity contribution >= 4 is 62.1 Å². The van der Waals surface area contributed by atoms with Crippen LogP contribution in [0.5, 0.6) is 0 Å². The van der Waals surface area contributed by atoms with Crippen LogP contribution in [0.4, 0.5) is 11.4 Å². The monoisotopic (exact) mass is 581 g/mol. The largest absolute Gasteiger partial charge is 0.313 e. The van der Waals surface area contributed by atoms with Crippen molar-refractivity contribution in [2.75, 3.05) is 9.96 Å². The number of aromatic nitrogens is 1. The second-order valence-electron chi connectivity index (χ2n) is 8.34. The van der Waals surface area contributed by atoms with Gasteiger partial charge in [-0.1, -0.05) is 75.3 Å². The SMILES string of the molecule is O=C1C2ON(c3ccccc3)C(c3sc(=O)n(-c4ccccc4)c3Cl)C2C(=O)N1c1ccc(Br)cc1. The number of nitrogens with zero attached hydrogens (tertiary/aromatic N) is 3. The standard InChI is InChI=1S/C26H17BrClN3O4S/c27-15-11-13-17(14-12-15)30-24(32)19-20(31(35-21(19)25(30)33)18-9-5-2-6-10-18)22-23(28)29(26(34)36-22)16-7-3-1-4-8-16/h1-14,19-21H. The first kappa shape index (κ1) is 23.2. The third-order valence-corrected chi connectivity index (χ3v) is 8.30. The fraction of sp³-hybridized carbons (Fsp3) is 0.115. The molecule has 0 saturated carbocycles.